The van der Waals surface area contributed by atoms with Crippen molar-refractivity contribution < 1.29 is 9.72 Å². The Hall–Kier alpha value is -2.17. The number of carbonyl (C=O) groups is 1. The van der Waals surface area contributed by atoms with E-state index in [1.807, 2.05) is 0 Å². The zero-order valence-electron chi connectivity index (χ0n) is 7.77. The first-order valence-corrected chi connectivity index (χ1v) is 4.41. The van der Waals surface area contributed by atoms with Crippen LogP contribution in [0.5, 0.6) is 0 Å². The van der Waals surface area contributed by atoms with E-state index in [0.29, 0.717) is 16.6 Å². The predicted molar refractivity (Wildman–Crippen MR) is 54.7 cm³/mol. The number of rotatable bonds is 3. The monoisotopic (exact) mass is 204 g/mol. The van der Waals surface area contributed by atoms with Crippen LogP contribution in [0.15, 0.2) is 24.3 Å². The molecule has 0 amide bonds. The first-order valence-electron chi connectivity index (χ1n) is 4.41. The number of fused-ring (bicyclic) bond motifs is 1. The maximum Gasteiger partial charge on any atom is 0.278 e. The fraction of sp³-hybridized carbons (Fsp3) is 0.100. The normalized spacial score (nSPS) is 10.4. The number of non-ortho nitro benzene ring substituents is 1. The van der Waals surface area contributed by atoms with Gasteiger partial charge in [-0.3, -0.25) is 10.1 Å². The van der Waals surface area contributed by atoms with Gasteiger partial charge in [0.1, 0.15) is 6.29 Å². The number of nitro benzene ring substituents is 1. The van der Waals surface area contributed by atoms with Crippen molar-refractivity contribution in [3.63, 3.8) is 0 Å². The Kier molecular flexibility index (Phi) is 2.21. The molecule has 0 saturated carbocycles. The summed E-state index contributed by atoms with van der Waals surface area (Å²) >= 11 is 0. The third-order valence-electron chi connectivity index (χ3n) is 2.20. The van der Waals surface area contributed by atoms with E-state index in [1.165, 1.54) is 6.07 Å². The summed E-state index contributed by atoms with van der Waals surface area (Å²) in [5.41, 5.74) is 1.43. The Bertz CT molecular complexity index is 530. The van der Waals surface area contributed by atoms with E-state index in [-0.39, 0.29) is 12.1 Å². The van der Waals surface area contributed by atoms with Crippen molar-refractivity contribution >= 4 is 22.9 Å². The average molecular weight is 204 g/mol. The van der Waals surface area contributed by atoms with Gasteiger partial charge in [-0.25, -0.2) is 0 Å². The summed E-state index contributed by atoms with van der Waals surface area (Å²) in [6.07, 6.45) is 1.00. The second-order valence-electron chi connectivity index (χ2n) is 3.16. The van der Waals surface area contributed by atoms with Crippen molar-refractivity contribution in [2.75, 3.05) is 0 Å². The number of nitro groups is 1. The maximum absolute atomic E-state index is 10.7. The van der Waals surface area contributed by atoms with E-state index in [9.17, 15) is 14.9 Å². The SMILES string of the molecule is O=CCc1cc2c([N+](=O)[O-])cccc2[nH]1. The second-order valence-corrected chi connectivity index (χ2v) is 3.16. The van der Waals surface area contributed by atoms with Gasteiger partial charge in [0.05, 0.1) is 15.8 Å². The van der Waals surface area contributed by atoms with Crippen LogP contribution in [-0.2, 0) is 11.2 Å². The van der Waals surface area contributed by atoms with E-state index in [4.69, 9.17) is 0 Å². The molecule has 0 atom stereocenters. The van der Waals surface area contributed by atoms with Gasteiger partial charge >= 0.3 is 0 Å². The minimum Gasteiger partial charge on any atom is -0.358 e. The number of hydrogen-bond acceptors (Lipinski definition) is 3. The molecule has 2 rings (SSSR count). The standard InChI is InChI=1S/C10H8N2O3/c13-5-4-7-6-8-9(11-7)2-1-3-10(8)12(14)15/h1-3,5-6,11H,4H2. The van der Waals surface area contributed by atoms with Crippen LogP contribution in [0.25, 0.3) is 10.9 Å². The van der Waals surface area contributed by atoms with Crippen LogP contribution in [0.1, 0.15) is 5.69 Å². The van der Waals surface area contributed by atoms with Gasteiger partial charge in [-0.2, -0.15) is 0 Å². The van der Waals surface area contributed by atoms with Crippen molar-refractivity contribution in [1.29, 1.82) is 0 Å². The molecule has 0 bridgehead atoms. The molecule has 0 unspecified atom stereocenters. The Morgan fingerprint density at radius 1 is 1.47 bits per heavy atom. The van der Waals surface area contributed by atoms with Crippen LogP contribution in [-0.4, -0.2) is 16.2 Å². The summed E-state index contributed by atoms with van der Waals surface area (Å²) in [7, 11) is 0. The van der Waals surface area contributed by atoms with Crippen molar-refractivity contribution in [3.05, 3.63) is 40.1 Å². The van der Waals surface area contributed by atoms with Gasteiger partial charge < -0.3 is 9.78 Å². The molecule has 0 fully saturated rings. The van der Waals surface area contributed by atoms with Crippen molar-refractivity contribution in [2.45, 2.75) is 6.42 Å². The molecule has 1 aromatic heterocycles. The number of aldehydes is 1. The molecule has 0 spiro atoms. The van der Waals surface area contributed by atoms with Crippen molar-refractivity contribution in [1.82, 2.24) is 4.98 Å². The summed E-state index contributed by atoms with van der Waals surface area (Å²) in [5.74, 6) is 0. The molecule has 5 nitrogen and oxygen atoms in total. The lowest BCUT2D eigenvalue weighted by molar-refractivity contribution is -0.383. The van der Waals surface area contributed by atoms with Crippen LogP contribution >= 0.6 is 0 Å². The minimum absolute atomic E-state index is 0.0564. The lowest BCUT2D eigenvalue weighted by atomic mass is 10.2. The highest BCUT2D eigenvalue weighted by Gasteiger charge is 2.12. The van der Waals surface area contributed by atoms with Gasteiger partial charge in [0.25, 0.3) is 5.69 Å². The summed E-state index contributed by atoms with van der Waals surface area (Å²) < 4.78 is 0. The van der Waals surface area contributed by atoms with Gasteiger partial charge in [0.2, 0.25) is 0 Å². The number of hydrogen-bond donors (Lipinski definition) is 1. The zero-order chi connectivity index (χ0) is 10.8. The van der Waals surface area contributed by atoms with Gasteiger partial charge in [-0.05, 0) is 12.1 Å². The maximum atomic E-state index is 10.7. The first kappa shape index (κ1) is 9.39. The first-order chi connectivity index (χ1) is 7.22. The van der Waals surface area contributed by atoms with E-state index >= 15 is 0 Å². The Labute approximate surface area is 84.9 Å². The third-order valence-corrected chi connectivity index (χ3v) is 2.20. The third kappa shape index (κ3) is 1.59. The molecule has 0 aliphatic carbocycles. The zero-order valence-corrected chi connectivity index (χ0v) is 7.77. The van der Waals surface area contributed by atoms with Gasteiger partial charge in [-0.1, -0.05) is 6.07 Å². The molecule has 5 heteroatoms. The van der Waals surface area contributed by atoms with Crippen LogP contribution in [0.2, 0.25) is 0 Å². The summed E-state index contributed by atoms with van der Waals surface area (Å²) in [6.45, 7) is 0. The highest BCUT2D eigenvalue weighted by molar-refractivity contribution is 5.89. The number of carbonyl (C=O) groups excluding carboxylic acids is 1. The van der Waals surface area contributed by atoms with Crippen LogP contribution < -0.4 is 0 Å². The van der Waals surface area contributed by atoms with E-state index in [2.05, 4.69) is 4.98 Å². The molecule has 1 heterocycles. The van der Waals surface area contributed by atoms with Crippen molar-refractivity contribution in [2.24, 2.45) is 0 Å². The Morgan fingerprint density at radius 2 is 2.27 bits per heavy atom. The number of H-pyrrole nitrogens is 1. The summed E-state index contributed by atoms with van der Waals surface area (Å²) in [4.78, 5) is 23.5. The average Bonchev–Trinajstić information content (AvgIpc) is 2.59. The van der Waals surface area contributed by atoms with E-state index in [1.54, 1.807) is 18.2 Å². The Balaban J connectivity index is 2.64. The highest BCUT2D eigenvalue weighted by atomic mass is 16.6. The Morgan fingerprint density at radius 3 is 2.93 bits per heavy atom. The molecule has 0 aliphatic heterocycles. The molecule has 2 aromatic rings. The van der Waals surface area contributed by atoms with Gasteiger partial charge in [-0.15, -0.1) is 0 Å². The van der Waals surface area contributed by atoms with Gasteiger partial charge in [0, 0.05) is 18.2 Å². The van der Waals surface area contributed by atoms with Gasteiger partial charge in [0.15, 0.2) is 0 Å². The summed E-state index contributed by atoms with van der Waals surface area (Å²) in [6, 6.07) is 6.45. The fourth-order valence-corrected chi connectivity index (χ4v) is 1.56. The molecule has 0 aliphatic rings. The van der Waals surface area contributed by atoms with E-state index in [0.717, 1.165) is 6.29 Å². The largest absolute Gasteiger partial charge is 0.358 e. The topological polar surface area (TPSA) is 76.0 Å². The quantitative estimate of drug-likeness (QED) is 0.470. The molecule has 1 N–H and O–H groups in total. The highest BCUT2D eigenvalue weighted by Crippen LogP contribution is 2.25. The lowest BCUT2D eigenvalue weighted by Crippen LogP contribution is -1.87. The molecule has 76 valence electrons. The molecule has 0 saturated heterocycles. The lowest BCUT2D eigenvalue weighted by Gasteiger charge is -1.91. The smallest absolute Gasteiger partial charge is 0.278 e. The molecule has 15 heavy (non-hydrogen) atoms. The predicted octanol–water partition coefficient (Wildman–Crippen LogP) is 1.82. The van der Waals surface area contributed by atoms with Crippen molar-refractivity contribution in [3.8, 4) is 0 Å². The number of nitrogens with one attached hydrogen (secondary N) is 1. The molecule has 1 aromatic carbocycles. The van der Waals surface area contributed by atoms with E-state index < -0.39 is 4.92 Å². The summed E-state index contributed by atoms with van der Waals surface area (Å²) in [5, 5.41) is 11.2. The second kappa shape index (κ2) is 3.53. The molecular weight excluding hydrogens is 196 g/mol. The number of benzene rings is 1. The fourth-order valence-electron chi connectivity index (χ4n) is 1.56. The van der Waals surface area contributed by atoms with Crippen LogP contribution in [0.3, 0.4) is 0 Å². The number of aromatic amines is 1. The molecule has 0 radical (unpaired) electrons. The number of aromatic nitrogens is 1. The van der Waals surface area contributed by atoms with Crippen LogP contribution in [0, 0.1) is 10.1 Å². The number of nitrogens with zero attached hydrogens (tertiary/aromatic N) is 1. The van der Waals surface area contributed by atoms with Crippen LogP contribution in [0.4, 0.5) is 5.69 Å². The molecular formula is C10H8N2O3. The minimum atomic E-state index is -0.430.